The topological polar surface area (TPSA) is 95.4 Å². The molecule has 0 spiro atoms. The zero-order valence-corrected chi connectivity index (χ0v) is 16.3. The van der Waals surface area contributed by atoms with Gasteiger partial charge in [0, 0.05) is 5.70 Å². The number of nitrogens with zero attached hydrogens (tertiary/aromatic N) is 2. The monoisotopic (exact) mass is 388 g/mol. The quantitative estimate of drug-likeness (QED) is 0.568. The van der Waals surface area contributed by atoms with E-state index in [1.165, 1.54) is 12.0 Å². The number of ether oxygens (including phenoxy) is 1. The van der Waals surface area contributed by atoms with Crippen LogP contribution in [-0.4, -0.2) is 63.2 Å². The van der Waals surface area contributed by atoms with Gasteiger partial charge in [-0.25, -0.2) is 14.7 Å². The zero-order chi connectivity index (χ0) is 20.3. The maximum Gasteiger partial charge on any atom is 0.335 e. The summed E-state index contributed by atoms with van der Waals surface area (Å²) in [7, 11) is 3.66. The number of nitrogens with one attached hydrogen (secondary N) is 3. The summed E-state index contributed by atoms with van der Waals surface area (Å²) in [5.74, 6) is -1.72. The Labute approximate surface area is 163 Å². The molecule has 0 saturated carbocycles. The fourth-order valence-electron chi connectivity index (χ4n) is 3.30. The molecule has 9 nitrogen and oxygen atoms in total. The summed E-state index contributed by atoms with van der Waals surface area (Å²) in [6.45, 7) is 5.29. The van der Waals surface area contributed by atoms with Crippen LogP contribution in [0.4, 0.5) is 10.5 Å². The predicted octanol–water partition coefficient (Wildman–Crippen LogP) is -0.867. The zero-order valence-electron chi connectivity index (χ0n) is 16.3. The minimum Gasteiger partial charge on any atom is -0.497 e. The summed E-state index contributed by atoms with van der Waals surface area (Å²) in [6.07, 6.45) is 1.70. The van der Waals surface area contributed by atoms with Crippen molar-refractivity contribution in [2.24, 2.45) is 5.92 Å². The first kappa shape index (κ1) is 19.8. The lowest BCUT2D eigenvalue weighted by Crippen LogP contribution is -3.12. The molecule has 1 aromatic rings. The van der Waals surface area contributed by atoms with Crippen LogP contribution in [-0.2, 0) is 9.59 Å². The van der Waals surface area contributed by atoms with Crippen LogP contribution < -0.4 is 25.3 Å². The number of anilines is 1. The van der Waals surface area contributed by atoms with Gasteiger partial charge in [0.1, 0.15) is 5.75 Å². The Morgan fingerprint density at radius 2 is 1.86 bits per heavy atom. The number of imide groups is 2. The second-order valence-electron chi connectivity index (χ2n) is 6.90. The van der Waals surface area contributed by atoms with E-state index < -0.39 is 23.8 Å². The first-order chi connectivity index (χ1) is 13.4. The van der Waals surface area contributed by atoms with E-state index >= 15 is 0 Å². The Hall–Kier alpha value is -2.91. The molecule has 1 aromatic carbocycles. The van der Waals surface area contributed by atoms with E-state index in [9.17, 15) is 14.4 Å². The van der Waals surface area contributed by atoms with Crippen LogP contribution in [0.1, 0.15) is 6.92 Å². The number of amides is 4. The van der Waals surface area contributed by atoms with E-state index in [2.05, 4.69) is 17.8 Å². The van der Waals surface area contributed by atoms with Crippen LogP contribution in [0.15, 0.2) is 36.0 Å². The van der Waals surface area contributed by atoms with Gasteiger partial charge < -0.3 is 15.1 Å². The van der Waals surface area contributed by atoms with E-state index in [0.29, 0.717) is 17.1 Å². The Morgan fingerprint density at radius 1 is 1.21 bits per heavy atom. The molecule has 28 heavy (non-hydrogen) atoms. The number of hydrogen-bond donors (Lipinski definition) is 3. The lowest BCUT2D eigenvalue weighted by atomic mass is 10.00. The molecule has 2 aliphatic heterocycles. The highest BCUT2D eigenvalue weighted by molar-refractivity contribution is 6.28. The number of hydrogen-bond acceptors (Lipinski definition) is 6. The molecule has 2 fully saturated rings. The van der Waals surface area contributed by atoms with Gasteiger partial charge in [-0.1, -0.05) is 6.08 Å². The average molecular weight is 388 g/mol. The standard InChI is InChI=1S/C19H25N5O4/c1-4-15(21-23-11-9-22(2)10-12-23)16-17(25)20-19(27)24(18(16)26)13-5-7-14(28-3)8-6-13/h4-8,16,21H,9-12H2,1-3H3,(H,20,25,27)/p+1/b15-4+/t16-/m1/s1. The van der Waals surface area contributed by atoms with Crippen molar-refractivity contribution in [1.29, 1.82) is 0 Å². The molecule has 3 rings (SSSR count). The van der Waals surface area contributed by atoms with Gasteiger partial charge in [-0.3, -0.25) is 14.9 Å². The number of carbonyl (C=O) groups is 3. The molecule has 0 unspecified atom stereocenters. The maximum atomic E-state index is 13.1. The van der Waals surface area contributed by atoms with Crippen molar-refractivity contribution < 1.29 is 24.0 Å². The van der Waals surface area contributed by atoms with Crippen LogP contribution in [0.2, 0.25) is 0 Å². The summed E-state index contributed by atoms with van der Waals surface area (Å²) in [4.78, 5) is 40.4. The third kappa shape index (κ3) is 4.00. The number of barbiturate groups is 1. The number of allylic oxidation sites excluding steroid dienone is 1. The number of rotatable bonds is 5. The number of likely N-dealkylation sites (N-methyl/N-ethyl adjacent to an activating group) is 1. The van der Waals surface area contributed by atoms with E-state index in [-0.39, 0.29) is 0 Å². The normalized spacial score (nSPS) is 22.2. The molecule has 2 saturated heterocycles. The molecule has 9 heteroatoms. The third-order valence-corrected chi connectivity index (χ3v) is 5.02. The minimum absolute atomic E-state index is 0.374. The van der Waals surface area contributed by atoms with Crippen LogP contribution in [0.5, 0.6) is 5.75 Å². The molecule has 2 heterocycles. The van der Waals surface area contributed by atoms with Crippen molar-refractivity contribution >= 4 is 23.5 Å². The minimum atomic E-state index is -1.11. The van der Waals surface area contributed by atoms with Crippen molar-refractivity contribution in [3.05, 3.63) is 36.0 Å². The van der Waals surface area contributed by atoms with E-state index in [0.717, 1.165) is 31.1 Å². The van der Waals surface area contributed by atoms with Gasteiger partial charge in [0.25, 0.3) is 5.91 Å². The molecule has 0 aliphatic carbocycles. The molecule has 2 aliphatic rings. The lowest BCUT2D eigenvalue weighted by Gasteiger charge is -2.35. The summed E-state index contributed by atoms with van der Waals surface area (Å²) in [5, 5.41) is 4.29. The molecular formula is C19H26N5O4+. The number of piperazine rings is 1. The highest BCUT2D eigenvalue weighted by atomic mass is 16.5. The molecule has 3 N–H and O–H groups in total. The number of urea groups is 1. The summed E-state index contributed by atoms with van der Waals surface area (Å²) >= 11 is 0. The highest BCUT2D eigenvalue weighted by Crippen LogP contribution is 2.25. The number of hydrazine groups is 1. The smallest absolute Gasteiger partial charge is 0.335 e. The molecule has 1 atom stereocenters. The van der Waals surface area contributed by atoms with Gasteiger partial charge >= 0.3 is 6.03 Å². The fraction of sp³-hybridized carbons (Fsp3) is 0.421. The molecule has 0 bridgehead atoms. The van der Waals surface area contributed by atoms with Crippen molar-refractivity contribution in [3.8, 4) is 5.75 Å². The third-order valence-electron chi connectivity index (χ3n) is 5.02. The SMILES string of the molecule is C/C=C(/NN1CC[NH+](C)CC1)[C@@H]1C(=O)NC(=O)N(c2ccc(OC)cc2)C1=O. The molecular weight excluding hydrogens is 362 g/mol. The Morgan fingerprint density at radius 3 is 2.43 bits per heavy atom. The van der Waals surface area contributed by atoms with E-state index in [4.69, 9.17) is 4.74 Å². The van der Waals surface area contributed by atoms with Crippen molar-refractivity contribution in [2.75, 3.05) is 45.2 Å². The van der Waals surface area contributed by atoms with Gasteiger partial charge in [-0.15, -0.1) is 0 Å². The number of benzene rings is 1. The van der Waals surface area contributed by atoms with Crippen LogP contribution in [0, 0.1) is 5.92 Å². The van der Waals surface area contributed by atoms with Gasteiger partial charge in [0.2, 0.25) is 5.91 Å². The van der Waals surface area contributed by atoms with Crippen LogP contribution in [0.3, 0.4) is 0 Å². The number of carbonyl (C=O) groups excluding carboxylic acids is 3. The number of methoxy groups -OCH3 is 1. The molecule has 0 aromatic heterocycles. The first-order valence-corrected chi connectivity index (χ1v) is 9.26. The molecule has 0 radical (unpaired) electrons. The second-order valence-corrected chi connectivity index (χ2v) is 6.90. The Balaban J connectivity index is 1.81. The van der Waals surface area contributed by atoms with Crippen LogP contribution >= 0.6 is 0 Å². The summed E-state index contributed by atoms with van der Waals surface area (Å²) in [6, 6.07) is 5.77. The average Bonchev–Trinajstić information content (AvgIpc) is 2.69. The highest BCUT2D eigenvalue weighted by Gasteiger charge is 2.43. The number of quaternary nitrogens is 1. The summed E-state index contributed by atoms with van der Waals surface area (Å²) in [5.41, 5.74) is 4.04. The van der Waals surface area contributed by atoms with Gasteiger partial charge in [-0.2, -0.15) is 0 Å². The van der Waals surface area contributed by atoms with E-state index in [1.807, 2.05) is 5.01 Å². The van der Waals surface area contributed by atoms with Crippen molar-refractivity contribution in [3.63, 3.8) is 0 Å². The lowest BCUT2D eigenvalue weighted by molar-refractivity contribution is -0.884. The fourth-order valence-corrected chi connectivity index (χ4v) is 3.30. The van der Waals surface area contributed by atoms with Gasteiger partial charge in [0.05, 0.1) is 46.0 Å². The predicted molar refractivity (Wildman–Crippen MR) is 103 cm³/mol. The largest absolute Gasteiger partial charge is 0.497 e. The first-order valence-electron chi connectivity index (χ1n) is 9.26. The van der Waals surface area contributed by atoms with Crippen molar-refractivity contribution in [1.82, 2.24) is 15.8 Å². The second kappa shape index (κ2) is 8.41. The molecule has 150 valence electrons. The Kier molecular flexibility index (Phi) is 5.96. The maximum absolute atomic E-state index is 13.1. The van der Waals surface area contributed by atoms with Crippen LogP contribution in [0.25, 0.3) is 0 Å². The summed E-state index contributed by atoms with van der Waals surface area (Å²) < 4.78 is 5.11. The van der Waals surface area contributed by atoms with Crippen molar-refractivity contribution in [2.45, 2.75) is 6.92 Å². The molecule has 4 amide bonds. The van der Waals surface area contributed by atoms with E-state index in [1.54, 1.807) is 37.3 Å². The van der Waals surface area contributed by atoms with Gasteiger partial charge in [-0.05, 0) is 31.2 Å². The van der Waals surface area contributed by atoms with Gasteiger partial charge in [0.15, 0.2) is 5.92 Å². The Bertz CT molecular complexity index is 784.